The summed E-state index contributed by atoms with van der Waals surface area (Å²) in [6, 6.07) is 6.46. The molecule has 2 N–H and O–H groups in total. The molecule has 2 aromatic rings. The van der Waals surface area contributed by atoms with Crippen LogP contribution in [0.2, 0.25) is 0 Å². The molecule has 0 saturated heterocycles. The van der Waals surface area contributed by atoms with Gasteiger partial charge >= 0.3 is 0 Å². The number of nitrogens with two attached hydrogens (primary N) is 1. The molecule has 0 aliphatic heterocycles. The van der Waals surface area contributed by atoms with Gasteiger partial charge in [0.25, 0.3) is 0 Å². The van der Waals surface area contributed by atoms with Crippen LogP contribution in [0.3, 0.4) is 0 Å². The molecule has 1 aliphatic carbocycles. The van der Waals surface area contributed by atoms with Crippen LogP contribution >= 0.6 is 0 Å². The van der Waals surface area contributed by atoms with Crippen LogP contribution in [0.15, 0.2) is 22.6 Å². The summed E-state index contributed by atoms with van der Waals surface area (Å²) in [4.78, 5) is 0. The van der Waals surface area contributed by atoms with Crippen LogP contribution in [0.25, 0.3) is 11.0 Å². The first-order chi connectivity index (χ1) is 8.66. The van der Waals surface area contributed by atoms with Gasteiger partial charge in [-0.3, -0.25) is 0 Å². The Labute approximate surface area is 108 Å². The largest absolute Gasteiger partial charge is 0.459 e. The van der Waals surface area contributed by atoms with Gasteiger partial charge in [0.05, 0.1) is 6.04 Å². The van der Waals surface area contributed by atoms with Gasteiger partial charge in [-0.05, 0) is 49.8 Å². The van der Waals surface area contributed by atoms with Gasteiger partial charge in [-0.25, -0.2) is 0 Å². The van der Waals surface area contributed by atoms with Crippen molar-refractivity contribution in [2.75, 3.05) is 0 Å². The van der Waals surface area contributed by atoms with E-state index in [4.69, 9.17) is 10.2 Å². The van der Waals surface area contributed by atoms with Crippen LogP contribution in [-0.4, -0.2) is 0 Å². The average molecular weight is 243 g/mol. The molecule has 2 nitrogen and oxygen atoms in total. The molecule has 1 aliphatic rings. The zero-order valence-electron chi connectivity index (χ0n) is 11.2. The minimum Gasteiger partial charge on any atom is -0.459 e. The Balaban J connectivity index is 2.03. The van der Waals surface area contributed by atoms with E-state index in [0.717, 1.165) is 11.3 Å². The molecule has 0 bridgehead atoms. The summed E-state index contributed by atoms with van der Waals surface area (Å²) < 4.78 is 6.03. The molecule has 96 valence electrons. The maximum atomic E-state index is 6.41. The molecule has 1 saturated carbocycles. The summed E-state index contributed by atoms with van der Waals surface area (Å²) in [6.45, 7) is 4.22. The second-order valence-electron chi connectivity index (χ2n) is 5.66. The van der Waals surface area contributed by atoms with Crippen LogP contribution in [0.1, 0.15) is 48.6 Å². The molecule has 0 spiro atoms. The van der Waals surface area contributed by atoms with Crippen molar-refractivity contribution in [1.29, 1.82) is 0 Å². The van der Waals surface area contributed by atoms with Crippen LogP contribution in [0.4, 0.5) is 0 Å². The number of hydrogen-bond acceptors (Lipinski definition) is 2. The van der Waals surface area contributed by atoms with Gasteiger partial charge in [-0.15, -0.1) is 0 Å². The summed E-state index contributed by atoms with van der Waals surface area (Å²) in [5.41, 5.74) is 9.85. The maximum Gasteiger partial charge on any atom is 0.134 e. The fourth-order valence-corrected chi connectivity index (χ4v) is 3.20. The van der Waals surface area contributed by atoms with Gasteiger partial charge < -0.3 is 10.2 Å². The summed E-state index contributed by atoms with van der Waals surface area (Å²) >= 11 is 0. The molecule has 1 aromatic carbocycles. The Hall–Kier alpha value is -1.28. The second-order valence-corrected chi connectivity index (χ2v) is 5.66. The first-order valence-corrected chi connectivity index (χ1v) is 6.92. The lowest BCUT2D eigenvalue weighted by Gasteiger charge is -2.17. The highest BCUT2D eigenvalue weighted by atomic mass is 16.3. The van der Waals surface area contributed by atoms with Crippen molar-refractivity contribution in [2.45, 2.75) is 45.6 Å². The van der Waals surface area contributed by atoms with E-state index in [9.17, 15) is 0 Å². The van der Waals surface area contributed by atoms with E-state index in [-0.39, 0.29) is 6.04 Å². The third-order valence-electron chi connectivity index (χ3n) is 4.34. The monoisotopic (exact) mass is 243 g/mol. The van der Waals surface area contributed by atoms with E-state index in [1.165, 1.54) is 42.2 Å². The van der Waals surface area contributed by atoms with Crippen molar-refractivity contribution in [3.8, 4) is 0 Å². The standard InChI is InChI=1S/C16H21NO/c1-10-7-8-13-11(2)16(18-14(13)9-10)15(17)12-5-3-4-6-12/h7-9,12,15H,3-6,17H2,1-2H3. The third-order valence-corrected chi connectivity index (χ3v) is 4.34. The molecule has 1 aromatic heterocycles. The van der Waals surface area contributed by atoms with Gasteiger partial charge in [0.15, 0.2) is 0 Å². The van der Waals surface area contributed by atoms with Gasteiger partial charge in [-0.2, -0.15) is 0 Å². The minimum atomic E-state index is 0.0696. The smallest absolute Gasteiger partial charge is 0.134 e. The number of benzene rings is 1. The van der Waals surface area contributed by atoms with Crippen molar-refractivity contribution in [2.24, 2.45) is 11.7 Å². The lowest BCUT2D eigenvalue weighted by Crippen LogP contribution is -2.19. The van der Waals surface area contributed by atoms with Crippen molar-refractivity contribution in [1.82, 2.24) is 0 Å². The molecule has 1 heterocycles. The number of rotatable bonds is 2. The lowest BCUT2D eigenvalue weighted by atomic mass is 9.94. The quantitative estimate of drug-likeness (QED) is 0.856. The minimum absolute atomic E-state index is 0.0696. The van der Waals surface area contributed by atoms with Crippen LogP contribution in [0.5, 0.6) is 0 Å². The molecular weight excluding hydrogens is 222 g/mol. The fraction of sp³-hybridized carbons (Fsp3) is 0.500. The van der Waals surface area contributed by atoms with E-state index < -0.39 is 0 Å². The molecule has 3 rings (SSSR count). The van der Waals surface area contributed by atoms with Gasteiger partial charge in [0, 0.05) is 5.39 Å². The van der Waals surface area contributed by atoms with Crippen molar-refractivity contribution < 1.29 is 4.42 Å². The van der Waals surface area contributed by atoms with Crippen LogP contribution in [-0.2, 0) is 0 Å². The van der Waals surface area contributed by atoms with E-state index >= 15 is 0 Å². The Kier molecular flexibility index (Phi) is 2.90. The predicted octanol–water partition coefficient (Wildman–Crippen LogP) is 4.24. The maximum absolute atomic E-state index is 6.41. The summed E-state index contributed by atoms with van der Waals surface area (Å²) in [5, 5.41) is 1.21. The third kappa shape index (κ3) is 1.85. The van der Waals surface area contributed by atoms with Gasteiger partial charge in [0.1, 0.15) is 11.3 Å². The average Bonchev–Trinajstić information content (AvgIpc) is 2.97. The number of hydrogen-bond donors (Lipinski definition) is 1. The predicted molar refractivity (Wildman–Crippen MR) is 74.6 cm³/mol. The normalized spacial score (nSPS) is 18.6. The molecule has 2 heteroatoms. The number of aryl methyl sites for hydroxylation is 2. The first-order valence-electron chi connectivity index (χ1n) is 6.92. The highest BCUT2D eigenvalue weighted by Crippen LogP contribution is 2.38. The zero-order valence-corrected chi connectivity index (χ0v) is 11.2. The molecule has 1 unspecified atom stereocenters. The number of fused-ring (bicyclic) bond motifs is 1. The molecule has 18 heavy (non-hydrogen) atoms. The van der Waals surface area contributed by atoms with E-state index in [2.05, 4.69) is 32.0 Å². The Morgan fingerprint density at radius 3 is 2.67 bits per heavy atom. The van der Waals surface area contributed by atoms with Gasteiger partial charge in [-0.1, -0.05) is 25.0 Å². The Morgan fingerprint density at radius 1 is 1.22 bits per heavy atom. The van der Waals surface area contributed by atoms with E-state index in [1.54, 1.807) is 0 Å². The van der Waals surface area contributed by atoms with Crippen molar-refractivity contribution in [3.05, 3.63) is 35.1 Å². The van der Waals surface area contributed by atoms with Crippen LogP contribution in [0, 0.1) is 19.8 Å². The highest BCUT2D eigenvalue weighted by molar-refractivity contribution is 5.82. The highest BCUT2D eigenvalue weighted by Gasteiger charge is 2.27. The molecule has 0 radical (unpaired) electrons. The summed E-state index contributed by atoms with van der Waals surface area (Å²) in [7, 11) is 0. The van der Waals surface area contributed by atoms with Gasteiger partial charge in [0.2, 0.25) is 0 Å². The van der Waals surface area contributed by atoms with Crippen molar-refractivity contribution >= 4 is 11.0 Å². The second kappa shape index (κ2) is 4.43. The summed E-state index contributed by atoms with van der Waals surface area (Å²) in [6.07, 6.45) is 5.13. The molecule has 1 atom stereocenters. The van der Waals surface area contributed by atoms with Crippen molar-refractivity contribution in [3.63, 3.8) is 0 Å². The molecule has 0 amide bonds. The molecule has 1 fully saturated rings. The zero-order chi connectivity index (χ0) is 12.7. The lowest BCUT2D eigenvalue weighted by molar-refractivity contribution is 0.378. The first kappa shape index (κ1) is 11.8. The fourth-order valence-electron chi connectivity index (χ4n) is 3.20. The Bertz CT molecular complexity index is 564. The Morgan fingerprint density at radius 2 is 1.94 bits per heavy atom. The van der Waals surface area contributed by atoms with Crippen LogP contribution < -0.4 is 5.73 Å². The SMILES string of the molecule is Cc1ccc2c(C)c(C(N)C3CCCC3)oc2c1. The van der Waals surface area contributed by atoms with E-state index in [1.807, 2.05) is 0 Å². The summed E-state index contributed by atoms with van der Waals surface area (Å²) in [5.74, 6) is 1.60. The topological polar surface area (TPSA) is 39.2 Å². The molecular formula is C16H21NO. The van der Waals surface area contributed by atoms with E-state index in [0.29, 0.717) is 5.92 Å². The number of furan rings is 1.